The van der Waals surface area contributed by atoms with Gasteiger partial charge in [0.05, 0.1) is 5.69 Å². The molecule has 0 bridgehead atoms. The van der Waals surface area contributed by atoms with Gasteiger partial charge in [-0.25, -0.2) is 4.68 Å². The third-order valence-electron chi connectivity index (χ3n) is 2.29. The molecule has 0 amide bonds. The van der Waals surface area contributed by atoms with Crippen LogP contribution in [-0.4, -0.2) is 15.5 Å². The zero-order valence-corrected chi connectivity index (χ0v) is 10.3. The van der Waals surface area contributed by atoms with Gasteiger partial charge in [-0.3, -0.25) is 0 Å². The second kappa shape index (κ2) is 4.61. The van der Waals surface area contributed by atoms with Crippen molar-refractivity contribution < 1.29 is 0 Å². The summed E-state index contributed by atoms with van der Waals surface area (Å²) in [4.78, 5) is 0. The number of hydrogen-bond donors (Lipinski definition) is 1. The minimum Gasteiger partial charge on any atom is -0.384 e. The van der Waals surface area contributed by atoms with Crippen LogP contribution in [0.25, 0.3) is 5.69 Å². The number of hydrogen-bond acceptors (Lipinski definition) is 3. The molecule has 2 N–H and O–H groups in total. The predicted octanol–water partition coefficient (Wildman–Crippen LogP) is 2.87. The molecule has 4 heteroatoms. The Morgan fingerprint density at radius 2 is 2.00 bits per heavy atom. The van der Waals surface area contributed by atoms with Crippen molar-refractivity contribution >= 4 is 17.6 Å². The number of rotatable bonds is 3. The first-order valence-corrected chi connectivity index (χ1v) is 6.24. The van der Waals surface area contributed by atoms with E-state index in [0.717, 1.165) is 16.5 Å². The van der Waals surface area contributed by atoms with Crippen LogP contribution >= 0.6 is 11.8 Å². The van der Waals surface area contributed by atoms with E-state index < -0.39 is 0 Å². The first kappa shape index (κ1) is 11.1. The van der Waals surface area contributed by atoms with Crippen molar-refractivity contribution in [2.45, 2.75) is 18.9 Å². The fraction of sp³-hybridized carbons (Fsp3) is 0.250. The quantitative estimate of drug-likeness (QED) is 0.829. The van der Waals surface area contributed by atoms with Crippen LogP contribution in [-0.2, 0) is 0 Å². The van der Waals surface area contributed by atoms with Crippen molar-refractivity contribution in [1.29, 1.82) is 0 Å². The predicted molar refractivity (Wildman–Crippen MR) is 69.1 cm³/mol. The number of nitrogens with zero attached hydrogens (tertiary/aromatic N) is 2. The molecule has 0 aliphatic heterocycles. The average Bonchev–Trinajstić information content (AvgIpc) is 2.61. The summed E-state index contributed by atoms with van der Waals surface area (Å²) < 4.78 is 1.78. The summed E-state index contributed by atoms with van der Waals surface area (Å²) in [5.41, 5.74) is 8.17. The van der Waals surface area contributed by atoms with Crippen molar-refractivity contribution in [2.24, 2.45) is 0 Å². The monoisotopic (exact) mass is 233 g/mol. The van der Waals surface area contributed by atoms with Crippen molar-refractivity contribution in [2.75, 3.05) is 11.5 Å². The molecule has 1 aromatic heterocycles. The molecule has 0 saturated carbocycles. The Bertz CT molecular complexity index is 474. The van der Waals surface area contributed by atoms with E-state index in [1.165, 1.54) is 5.56 Å². The number of aromatic nitrogens is 2. The van der Waals surface area contributed by atoms with E-state index in [-0.39, 0.29) is 0 Å². The summed E-state index contributed by atoms with van der Waals surface area (Å²) >= 11 is 1.70. The summed E-state index contributed by atoms with van der Waals surface area (Å²) in [6.45, 7) is 4.17. The van der Waals surface area contributed by atoms with E-state index in [1.54, 1.807) is 16.4 Å². The van der Waals surface area contributed by atoms with Crippen molar-refractivity contribution in [3.05, 3.63) is 35.9 Å². The summed E-state index contributed by atoms with van der Waals surface area (Å²) in [6.07, 6.45) is 0. The summed E-state index contributed by atoms with van der Waals surface area (Å²) in [5.74, 6) is 1.68. The molecule has 1 aromatic carbocycles. The van der Waals surface area contributed by atoms with Gasteiger partial charge in [0.1, 0.15) is 10.8 Å². The van der Waals surface area contributed by atoms with Gasteiger partial charge in [-0.1, -0.05) is 24.6 Å². The molecule has 3 nitrogen and oxygen atoms in total. The molecule has 16 heavy (non-hydrogen) atoms. The van der Waals surface area contributed by atoms with Crippen LogP contribution in [0.3, 0.4) is 0 Å². The number of aryl methyl sites for hydroxylation is 1. The minimum absolute atomic E-state index is 0.680. The van der Waals surface area contributed by atoms with Crippen LogP contribution in [0.15, 0.2) is 35.4 Å². The van der Waals surface area contributed by atoms with Crippen LogP contribution in [0.5, 0.6) is 0 Å². The maximum absolute atomic E-state index is 5.93. The lowest BCUT2D eigenvalue weighted by atomic mass is 10.2. The van der Waals surface area contributed by atoms with Crippen LogP contribution in [0.2, 0.25) is 0 Å². The highest BCUT2D eigenvalue weighted by atomic mass is 32.2. The maximum Gasteiger partial charge on any atom is 0.128 e. The Kier molecular flexibility index (Phi) is 3.19. The van der Waals surface area contributed by atoms with E-state index in [0.29, 0.717) is 5.82 Å². The van der Waals surface area contributed by atoms with Crippen LogP contribution in [0, 0.1) is 6.92 Å². The van der Waals surface area contributed by atoms with Crippen molar-refractivity contribution in [3.63, 3.8) is 0 Å². The largest absolute Gasteiger partial charge is 0.384 e. The van der Waals surface area contributed by atoms with Gasteiger partial charge in [0, 0.05) is 6.07 Å². The fourth-order valence-electron chi connectivity index (χ4n) is 1.48. The molecule has 2 aromatic rings. The van der Waals surface area contributed by atoms with Gasteiger partial charge in [-0.2, -0.15) is 5.10 Å². The smallest absolute Gasteiger partial charge is 0.128 e. The van der Waals surface area contributed by atoms with Crippen molar-refractivity contribution in [1.82, 2.24) is 9.78 Å². The van der Waals surface area contributed by atoms with Gasteiger partial charge in [0.15, 0.2) is 0 Å². The molecule has 0 aliphatic carbocycles. The SMILES string of the molecule is CCSc1cc(N)n(-c2ccc(C)cc2)n1. The molecule has 2 rings (SSSR count). The molecule has 0 saturated heterocycles. The molecule has 84 valence electrons. The van der Waals surface area contributed by atoms with Gasteiger partial charge < -0.3 is 5.73 Å². The highest BCUT2D eigenvalue weighted by molar-refractivity contribution is 7.99. The van der Waals surface area contributed by atoms with E-state index in [1.807, 2.05) is 18.2 Å². The average molecular weight is 233 g/mol. The van der Waals surface area contributed by atoms with E-state index >= 15 is 0 Å². The lowest BCUT2D eigenvalue weighted by Gasteiger charge is -2.03. The molecule has 0 aliphatic rings. The Labute approximate surface area is 99.7 Å². The van der Waals surface area contributed by atoms with Gasteiger partial charge in [0.2, 0.25) is 0 Å². The van der Waals surface area contributed by atoms with Gasteiger partial charge in [-0.05, 0) is 24.8 Å². The highest BCUT2D eigenvalue weighted by Crippen LogP contribution is 2.21. The Morgan fingerprint density at radius 3 is 2.62 bits per heavy atom. The number of nitrogens with two attached hydrogens (primary N) is 1. The summed E-state index contributed by atoms with van der Waals surface area (Å²) in [7, 11) is 0. The summed E-state index contributed by atoms with van der Waals surface area (Å²) in [5, 5.41) is 5.43. The lowest BCUT2D eigenvalue weighted by molar-refractivity contribution is 0.845. The van der Waals surface area contributed by atoms with Gasteiger partial charge in [-0.15, -0.1) is 11.8 Å². The van der Waals surface area contributed by atoms with E-state index in [2.05, 4.69) is 31.1 Å². The molecule has 0 atom stereocenters. The zero-order chi connectivity index (χ0) is 11.5. The van der Waals surface area contributed by atoms with Crippen LogP contribution in [0.1, 0.15) is 12.5 Å². The number of nitrogen functional groups attached to an aromatic ring is 1. The standard InChI is InChI=1S/C12H15N3S/c1-3-16-12-8-11(13)15(14-12)10-6-4-9(2)5-7-10/h4-8H,3,13H2,1-2H3. The first-order valence-electron chi connectivity index (χ1n) is 5.26. The van der Waals surface area contributed by atoms with Gasteiger partial charge in [0.25, 0.3) is 0 Å². The molecular formula is C12H15N3S. The van der Waals surface area contributed by atoms with Crippen molar-refractivity contribution in [3.8, 4) is 5.69 Å². The second-order valence-electron chi connectivity index (χ2n) is 3.59. The number of anilines is 1. The van der Waals surface area contributed by atoms with Gasteiger partial charge >= 0.3 is 0 Å². The normalized spacial score (nSPS) is 10.6. The molecule has 0 radical (unpaired) electrons. The minimum atomic E-state index is 0.680. The topological polar surface area (TPSA) is 43.8 Å². The van der Waals surface area contributed by atoms with E-state index in [9.17, 15) is 0 Å². The maximum atomic E-state index is 5.93. The first-order chi connectivity index (χ1) is 7.70. The van der Waals surface area contributed by atoms with Crippen LogP contribution in [0.4, 0.5) is 5.82 Å². The third-order valence-corrected chi connectivity index (χ3v) is 3.07. The lowest BCUT2D eigenvalue weighted by Crippen LogP contribution is -2.01. The van der Waals surface area contributed by atoms with E-state index in [4.69, 9.17) is 5.73 Å². The molecule has 0 spiro atoms. The van der Waals surface area contributed by atoms with Crippen LogP contribution < -0.4 is 5.73 Å². The fourth-order valence-corrected chi connectivity index (χ4v) is 2.12. The third kappa shape index (κ3) is 2.22. The Hall–Kier alpha value is -1.42. The second-order valence-corrected chi connectivity index (χ2v) is 4.87. The number of benzene rings is 1. The number of thioether (sulfide) groups is 1. The molecule has 1 heterocycles. The highest BCUT2D eigenvalue weighted by Gasteiger charge is 2.06. The molecule has 0 fully saturated rings. The summed E-state index contributed by atoms with van der Waals surface area (Å²) in [6, 6.07) is 10.1. The zero-order valence-electron chi connectivity index (χ0n) is 9.47. The Morgan fingerprint density at radius 1 is 1.31 bits per heavy atom. The Balaban J connectivity index is 2.36. The molecular weight excluding hydrogens is 218 g/mol. The molecule has 0 unspecified atom stereocenters.